The van der Waals surface area contributed by atoms with Crippen molar-refractivity contribution >= 4 is 11.8 Å². The fourth-order valence-corrected chi connectivity index (χ4v) is 3.55. The largest absolute Gasteiger partial charge is 0.316 e. The van der Waals surface area contributed by atoms with Crippen LogP contribution >= 0.6 is 11.8 Å². The number of unbranched alkanes of at least 4 members (excludes halogenated alkanes) is 3. The normalized spacial score (nSPS) is 13.7. The maximum atomic E-state index is 3.55. The summed E-state index contributed by atoms with van der Waals surface area (Å²) in [5.74, 6) is 1.19. The Balaban J connectivity index is 1.56. The Kier molecular flexibility index (Phi) is 6.80. The fourth-order valence-electron chi connectivity index (χ4n) is 2.68. The Morgan fingerprint density at radius 2 is 1.95 bits per heavy atom. The van der Waals surface area contributed by atoms with Gasteiger partial charge in [0.15, 0.2) is 0 Å². The predicted octanol–water partition coefficient (Wildman–Crippen LogP) is 4.44. The van der Waals surface area contributed by atoms with Crippen molar-refractivity contribution in [2.75, 3.05) is 18.8 Å². The van der Waals surface area contributed by atoms with Crippen LogP contribution in [0.25, 0.3) is 0 Å². The number of fused-ring (bicyclic) bond motifs is 1. The quantitative estimate of drug-likeness (QED) is 0.529. The van der Waals surface area contributed by atoms with E-state index in [0.29, 0.717) is 0 Å². The van der Waals surface area contributed by atoms with Gasteiger partial charge in [-0.05, 0) is 55.5 Å². The highest BCUT2D eigenvalue weighted by molar-refractivity contribution is 7.99. The van der Waals surface area contributed by atoms with Crippen molar-refractivity contribution in [1.29, 1.82) is 0 Å². The topological polar surface area (TPSA) is 12.0 Å². The summed E-state index contributed by atoms with van der Waals surface area (Å²) in [6.45, 7) is 4.58. The van der Waals surface area contributed by atoms with E-state index in [4.69, 9.17) is 0 Å². The average molecular weight is 277 g/mol. The molecule has 0 radical (unpaired) electrons. The van der Waals surface area contributed by atoms with Crippen LogP contribution in [0.1, 0.15) is 50.2 Å². The molecule has 106 valence electrons. The Morgan fingerprint density at radius 1 is 1.05 bits per heavy atom. The maximum Gasteiger partial charge on any atom is 0.0106 e. The van der Waals surface area contributed by atoms with Crippen molar-refractivity contribution in [3.63, 3.8) is 0 Å². The third-order valence-corrected chi connectivity index (χ3v) is 4.82. The average Bonchev–Trinajstić information content (AvgIpc) is 2.89. The molecule has 0 atom stereocenters. The fraction of sp³-hybridized carbons (Fsp3) is 0.647. The van der Waals surface area contributed by atoms with Gasteiger partial charge >= 0.3 is 0 Å². The van der Waals surface area contributed by atoms with Crippen molar-refractivity contribution in [2.45, 2.75) is 56.8 Å². The van der Waals surface area contributed by atoms with Crippen LogP contribution in [-0.2, 0) is 12.8 Å². The molecule has 0 spiro atoms. The van der Waals surface area contributed by atoms with Crippen LogP contribution in [-0.4, -0.2) is 18.8 Å². The molecule has 0 bridgehead atoms. The lowest BCUT2D eigenvalue weighted by Gasteiger charge is -2.06. The molecule has 0 saturated carbocycles. The van der Waals surface area contributed by atoms with Crippen LogP contribution in [0.3, 0.4) is 0 Å². The zero-order valence-electron chi connectivity index (χ0n) is 12.2. The number of thioether (sulfide) groups is 1. The molecular weight excluding hydrogens is 250 g/mol. The van der Waals surface area contributed by atoms with Gasteiger partial charge in [0.05, 0.1) is 0 Å². The van der Waals surface area contributed by atoms with Gasteiger partial charge in [-0.3, -0.25) is 0 Å². The van der Waals surface area contributed by atoms with Gasteiger partial charge < -0.3 is 5.32 Å². The lowest BCUT2D eigenvalue weighted by atomic mass is 10.1. The van der Waals surface area contributed by atoms with Gasteiger partial charge in [-0.2, -0.15) is 0 Å². The Labute approximate surface area is 122 Å². The van der Waals surface area contributed by atoms with Crippen LogP contribution < -0.4 is 5.32 Å². The molecule has 2 heteroatoms. The van der Waals surface area contributed by atoms with Crippen molar-refractivity contribution in [3.8, 4) is 0 Å². The summed E-state index contributed by atoms with van der Waals surface area (Å²) in [7, 11) is 0. The number of hydrogen-bond acceptors (Lipinski definition) is 2. The summed E-state index contributed by atoms with van der Waals surface area (Å²) >= 11 is 1.99. The van der Waals surface area contributed by atoms with Gasteiger partial charge in [-0.1, -0.05) is 32.3 Å². The molecule has 0 saturated heterocycles. The van der Waals surface area contributed by atoms with Gasteiger partial charge in [0, 0.05) is 17.2 Å². The van der Waals surface area contributed by atoms with E-state index < -0.39 is 0 Å². The zero-order chi connectivity index (χ0) is 13.3. The van der Waals surface area contributed by atoms with Crippen molar-refractivity contribution in [3.05, 3.63) is 29.3 Å². The predicted molar refractivity (Wildman–Crippen MR) is 86.2 cm³/mol. The van der Waals surface area contributed by atoms with Gasteiger partial charge in [-0.15, -0.1) is 11.8 Å². The molecule has 1 nitrogen and oxygen atoms in total. The Morgan fingerprint density at radius 3 is 2.84 bits per heavy atom. The first kappa shape index (κ1) is 14.9. The molecule has 1 N–H and O–H groups in total. The maximum absolute atomic E-state index is 3.55. The minimum Gasteiger partial charge on any atom is -0.316 e. The van der Waals surface area contributed by atoms with E-state index in [9.17, 15) is 0 Å². The van der Waals surface area contributed by atoms with E-state index in [1.165, 1.54) is 62.1 Å². The first-order valence-corrected chi connectivity index (χ1v) is 8.84. The minimum absolute atomic E-state index is 1.13. The van der Waals surface area contributed by atoms with Crippen LogP contribution in [0.2, 0.25) is 0 Å². The van der Waals surface area contributed by atoms with E-state index in [-0.39, 0.29) is 0 Å². The zero-order valence-corrected chi connectivity index (χ0v) is 13.0. The standard InChI is InChI=1S/C17H27NS/c1-2-3-4-5-11-18-12-13-19-17-10-9-15-7-6-8-16(15)14-17/h9-10,14,18H,2-8,11-13H2,1H3. The van der Waals surface area contributed by atoms with E-state index in [1.807, 2.05) is 11.8 Å². The SMILES string of the molecule is CCCCCCNCCSc1ccc2c(c1)CCC2. The number of hydrogen-bond donors (Lipinski definition) is 1. The molecule has 1 aliphatic carbocycles. The molecule has 1 aromatic rings. The molecule has 0 aliphatic heterocycles. The molecule has 0 fully saturated rings. The number of benzene rings is 1. The minimum atomic E-state index is 1.13. The monoisotopic (exact) mass is 277 g/mol. The van der Waals surface area contributed by atoms with Gasteiger partial charge in [0.2, 0.25) is 0 Å². The molecule has 1 aliphatic rings. The molecule has 0 amide bonds. The molecule has 2 rings (SSSR count). The van der Waals surface area contributed by atoms with Crippen LogP contribution in [0.4, 0.5) is 0 Å². The van der Waals surface area contributed by atoms with Crippen molar-refractivity contribution in [2.24, 2.45) is 0 Å². The highest BCUT2D eigenvalue weighted by atomic mass is 32.2. The third-order valence-electron chi connectivity index (χ3n) is 3.82. The van der Waals surface area contributed by atoms with Gasteiger partial charge in [-0.25, -0.2) is 0 Å². The van der Waals surface area contributed by atoms with E-state index in [2.05, 4.69) is 30.4 Å². The molecule has 19 heavy (non-hydrogen) atoms. The van der Waals surface area contributed by atoms with Crippen LogP contribution in [0.15, 0.2) is 23.1 Å². The smallest absolute Gasteiger partial charge is 0.0106 e. The number of rotatable bonds is 9. The van der Waals surface area contributed by atoms with E-state index >= 15 is 0 Å². The molecular formula is C17H27NS. The van der Waals surface area contributed by atoms with Crippen molar-refractivity contribution in [1.82, 2.24) is 5.32 Å². The van der Waals surface area contributed by atoms with Gasteiger partial charge in [0.1, 0.15) is 0 Å². The van der Waals surface area contributed by atoms with E-state index in [0.717, 1.165) is 6.54 Å². The van der Waals surface area contributed by atoms with Crippen LogP contribution in [0, 0.1) is 0 Å². The van der Waals surface area contributed by atoms with Gasteiger partial charge in [0.25, 0.3) is 0 Å². The first-order chi connectivity index (χ1) is 9.40. The lowest BCUT2D eigenvalue weighted by Crippen LogP contribution is -2.18. The second kappa shape index (κ2) is 8.65. The summed E-state index contributed by atoms with van der Waals surface area (Å²) in [4.78, 5) is 1.45. The first-order valence-electron chi connectivity index (χ1n) is 7.85. The second-order valence-corrected chi connectivity index (χ2v) is 6.61. The third kappa shape index (κ3) is 5.19. The summed E-state index contributed by atoms with van der Waals surface area (Å²) in [5.41, 5.74) is 3.18. The Hall–Kier alpha value is -0.470. The lowest BCUT2D eigenvalue weighted by molar-refractivity contribution is 0.613. The summed E-state index contributed by atoms with van der Waals surface area (Å²) in [6, 6.07) is 7.05. The molecule has 0 heterocycles. The van der Waals surface area contributed by atoms with E-state index in [1.54, 1.807) is 11.1 Å². The summed E-state index contributed by atoms with van der Waals surface area (Å²) in [6.07, 6.45) is 9.35. The molecule has 0 aromatic heterocycles. The second-order valence-electron chi connectivity index (χ2n) is 5.44. The Bertz CT molecular complexity index is 376. The van der Waals surface area contributed by atoms with Crippen molar-refractivity contribution < 1.29 is 0 Å². The molecule has 1 aromatic carbocycles. The number of aryl methyl sites for hydroxylation is 2. The highest BCUT2D eigenvalue weighted by Crippen LogP contribution is 2.27. The highest BCUT2D eigenvalue weighted by Gasteiger charge is 2.10. The van der Waals surface area contributed by atoms with Crippen LogP contribution in [0.5, 0.6) is 0 Å². The number of nitrogens with one attached hydrogen (secondary N) is 1. The summed E-state index contributed by atoms with van der Waals surface area (Å²) in [5, 5.41) is 3.55. The summed E-state index contributed by atoms with van der Waals surface area (Å²) < 4.78 is 0. The molecule has 0 unspecified atom stereocenters.